The molecule has 0 aliphatic carbocycles. The maximum absolute atomic E-state index is 11.7. The highest BCUT2D eigenvalue weighted by atomic mass is 35.5. The van der Waals surface area contributed by atoms with E-state index >= 15 is 0 Å². The molecule has 0 aromatic rings. The van der Waals surface area contributed by atoms with Crippen LogP contribution in [0.15, 0.2) is 0 Å². The van der Waals surface area contributed by atoms with E-state index in [1.807, 2.05) is 11.9 Å². The summed E-state index contributed by atoms with van der Waals surface area (Å²) in [7, 11) is 1.88. The van der Waals surface area contributed by atoms with Crippen LogP contribution in [0.2, 0.25) is 0 Å². The molecule has 0 fully saturated rings. The molecule has 0 N–H and O–H groups in total. The van der Waals surface area contributed by atoms with E-state index in [0.717, 1.165) is 31.7 Å². The molecule has 3 heteroatoms. The molecule has 0 aromatic carbocycles. The highest BCUT2D eigenvalue weighted by molar-refractivity contribution is 6.17. The molecule has 0 radical (unpaired) electrons. The number of carbonyl (C=O) groups is 1. The van der Waals surface area contributed by atoms with Gasteiger partial charge in [-0.15, -0.1) is 11.6 Å². The second-order valence-electron chi connectivity index (χ2n) is 5.30. The Morgan fingerprint density at radius 2 is 1.80 bits per heavy atom. The van der Waals surface area contributed by atoms with Crippen molar-refractivity contribution in [1.29, 1.82) is 0 Å². The monoisotopic (exact) mass is 233 g/mol. The minimum Gasteiger partial charge on any atom is -0.346 e. The largest absolute Gasteiger partial charge is 0.346 e. The molecule has 0 rings (SSSR count). The summed E-state index contributed by atoms with van der Waals surface area (Å²) in [5.74, 6) is 0.966. The van der Waals surface area contributed by atoms with Crippen molar-refractivity contribution < 1.29 is 4.79 Å². The minimum absolute atomic E-state index is 0.0848. The molecule has 0 saturated carbocycles. The summed E-state index contributed by atoms with van der Waals surface area (Å²) in [6, 6.07) is 0. The van der Waals surface area contributed by atoms with Crippen LogP contribution in [0.5, 0.6) is 0 Å². The molecule has 1 amide bonds. The molecule has 0 aliphatic heterocycles. The Balaban J connectivity index is 3.70. The second kappa shape index (κ2) is 7.10. The normalized spacial score (nSPS) is 11.5. The van der Waals surface area contributed by atoms with Gasteiger partial charge >= 0.3 is 0 Å². The Morgan fingerprint density at radius 3 is 2.27 bits per heavy atom. The van der Waals surface area contributed by atoms with E-state index in [1.54, 1.807) is 0 Å². The zero-order chi connectivity index (χ0) is 11.9. The summed E-state index contributed by atoms with van der Waals surface area (Å²) < 4.78 is 0. The molecule has 0 spiro atoms. The van der Waals surface area contributed by atoms with Crippen LogP contribution in [0.1, 0.15) is 46.5 Å². The first kappa shape index (κ1) is 14.8. The van der Waals surface area contributed by atoms with Gasteiger partial charge in [0.15, 0.2) is 0 Å². The van der Waals surface area contributed by atoms with E-state index in [9.17, 15) is 4.79 Å². The van der Waals surface area contributed by atoms with Gasteiger partial charge in [-0.05, 0) is 18.3 Å². The zero-order valence-corrected chi connectivity index (χ0v) is 11.2. The average molecular weight is 234 g/mol. The molecular weight excluding hydrogens is 210 g/mol. The van der Waals surface area contributed by atoms with Gasteiger partial charge in [0.05, 0.1) is 0 Å². The lowest BCUT2D eigenvalue weighted by molar-refractivity contribution is -0.131. The number of hydrogen-bond acceptors (Lipinski definition) is 1. The quantitative estimate of drug-likeness (QED) is 0.509. The summed E-state index contributed by atoms with van der Waals surface area (Å²) in [4.78, 5) is 13.6. The lowest BCUT2D eigenvalue weighted by atomic mass is 9.91. The van der Waals surface area contributed by atoms with Gasteiger partial charge in [0.25, 0.3) is 0 Å². The first-order chi connectivity index (χ1) is 6.87. The number of alkyl halides is 1. The van der Waals surface area contributed by atoms with Crippen molar-refractivity contribution in [2.75, 3.05) is 19.5 Å². The van der Waals surface area contributed by atoms with E-state index in [0.29, 0.717) is 6.42 Å². The van der Waals surface area contributed by atoms with Crippen LogP contribution >= 0.6 is 11.6 Å². The number of amides is 1. The van der Waals surface area contributed by atoms with E-state index in [-0.39, 0.29) is 11.3 Å². The lowest BCUT2D eigenvalue weighted by Crippen LogP contribution is -2.30. The highest BCUT2D eigenvalue weighted by Gasteiger charge is 2.18. The molecular formula is C12H24ClNO. The fourth-order valence-corrected chi connectivity index (χ4v) is 1.52. The van der Waals surface area contributed by atoms with Crippen molar-refractivity contribution in [3.05, 3.63) is 0 Å². The van der Waals surface area contributed by atoms with E-state index in [1.165, 1.54) is 0 Å². The molecule has 90 valence electrons. The van der Waals surface area contributed by atoms with Crippen molar-refractivity contribution in [3.63, 3.8) is 0 Å². The molecule has 0 unspecified atom stereocenters. The number of carbonyl (C=O) groups excluding carboxylic acids is 1. The SMILES string of the molecule is CN(CCCCCCl)C(=O)CC(C)(C)C. The van der Waals surface area contributed by atoms with Crippen LogP contribution in [0.25, 0.3) is 0 Å². The zero-order valence-electron chi connectivity index (χ0n) is 10.5. The Bertz CT molecular complexity index is 187. The molecule has 0 heterocycles. The summed E-state index contributed by atoms with van der Waals surface area (Å²) in [5, 5.41) is 0. The van der Waals surface area contributed by atoms with Crippen LogP contribution in [0, 0.1) is 5.41 Å². The number of rotatable bonds is 6. The molecule has 0 aromatic heterocycles. The van der Waals surface area contributed by atoms with Gasteiger partial charge in [0.1, 0.15) is 0 Å². The topological polar surface area (TPSA) is 20.3 Å². The van der Waals surface area contributed by atoms with Crippen molar-refractivity contribution in [2.45, 2.75) is 46.5 Å². The van der Waals surface area contributed by atoms with Crippen molar-refractivity contribution in [3.8, 4) is 0 Å². The van der Waals surface area contributed by atoms with Gasteiger partial charge in [-0.2, -0.15) is 0 Å². The van der Waals surface area contributed by atoms with Crippen LogP contribution in [0.4, 0.5) is 0 Å². The molecule has 0 bridgehead atoms. The average Bonchev–Trinajstić information content (AvgIpc) is 2.09. The van der Waals surface area contributed by atoms with Crippen LogP contribution < -0.4 is 0 Å². The number of unbranched alkanes of at least 4 members (excludes halogenated alkanes) is 2. The maximum Gasteiger partial charge on any atom is 0.222 e. The third-order valence-electron chi connectivity index (χ3n) is 2.23. The van der Waals surface area contributed by atoms with Crippen molar-refractivity contribution >= 4 is 17.5 Å². The molecule has 2 nitrogen and oxygen atoms in total. The van der Waals surface area contributed by atoms with Gasteiger partial charge in [0.2, 0.25) is 5.91 Å². The van der Waals surface area contributed by atoms with E-state index < -0.39 is 0 Å². The van der Waals surface area contributed by atoms with Crippen molar-refractivity contribution in [1.82, 2.24) is 4.90 Å². The van der Waals surface area contributed by atoms with E-state index in [4.69, 9.17) is 11.6 Å². The van der Waals surface area contributed by atoms with Gasteiger partial charge in [-0.25, -0.2) is 0 Å². The lowest BCUT2D eigenvalue weighted by Gasteiger charge is -2.23. The molecule has 0 saturated heterocycles. The summed E-state index contributed by atoms with van der Waals surface area (Å²) in [5.41, 5.74) is 0.0848. The maximum atomic E-state index is 11.7. The Labute approximate surface area is 99.0 Å². The third-order valence-corrected chi connectivity index (χ3v) is 2.50. The molecule has 0 aliphatic rings. The van der Waals surface area contributed by atoms with E-state index in [2.05, 4.69) is 20.8 Å². The number of halogens is 1. The van der Waals surface area contributed by atoms with Crippen LogP contribution in [-0.4, -0.2) is 30.3 Å². The molecule has 0 atom stereocenters. The van der Waals surface area contributed by atoms with Gasteiger partial charge < -0.3 is 4.90 Å². The van der Waals surface area contributed by atoms with Gasteiger partial charge in [-0.1, -0.05) is 27.2 Å². The fraction of sp³-hybridized carbons (Fsp3) is 0.917. The minimum atomic E-state index is 0.0848. The number of nitrogens with zero attached hydrogens (tertiary/aromatic N) is 1. The van der Waals surface area contributed by atoms with Crippen LogP contribution in [-0.2, 0) is 4.79 Å². The molecule has 15 heavy (non-hydrogen) atoms. The second-order valence-corrected chi connectivity index (χ2v) is 5.68. The fourth-order valence-electron chi connectivity index (χ4n) is 1.33. The highest BCUT2D eigenvalue weighted by Crippen LogP contribution is 2.19. The smallest absolute Gasteiger partial charge is 0.222 e. The van der Waals surface area contributed by atoms with Gasteiger partial charge in [-0.3, -0.25) is 4.79 Å². The number of hydrogen-bond donors (Lipinski definition) is 0. The Hall–Kier alpha value is -0.240. The third kappa shape index (κ3) is 8.73. The first-order valence-corrected chi connectivity index (χ1v) is 6.20. The summed E-state index contributed by atoms with van der Waals surface area (Å²) >= 11 is 5.59. The van der Waals surface area contributed by atoms with Gasteiger partial charge in [0, 0.05) is 25.9 Å². The Kier molecular flexibility index (Phi) is 6.99. The standard InChI is InChI=1S/C12H24ClNO/c1-12(2,3)10-11(15)14(4)9-7-5-6-8-13/h5-10H2,1-4H3. The van der Waals surface area contributed by atoms with Crippen LogP contribution in [0.3, 0.4) is 0 Å². The Morgan fingerprint density at radius 1 is 1.20 bits per heavy atom. The van der Waals surface area contributed by atoms with Crippen molar-refractivity contribution in [2.24, 2.45) is 5.41 Å². The summed E-state index contributed by atoms with van der Waals surface area (Å²) in [6.45, 7) is 7.12. The predicted molar refractivity (Wildman–Crippen MR) is 66.3 cm³/mol. The predicted octanol–water partition coefficient (Wildman–Crippen LogP) is 3.29. The summed E-state index contributed by atoms with van der Waals surface area (Å²) in [6.07, 6.45) is 3.83. The first-order valence-electron chi connectivity index (χ1n) is 5.67.